The zero-order valence-corrected chi connectivity index (χ0v) is 42.2. The summed E-state index contributed by atoms with van der Waals surface area (Å²) >= 11 is 1.52. The Morgan fingerprint density at radius 2 is 1.51 bits per heavy atom. The lowest BCUT2D eigenvalue weighted by atomic mass is 10.0. The molecule has 0 bridgehead atoms. The van der Waals surface area contributed by atoms with E-state index in [1.165, 1.54) is 37.0 Å². The van der Waals surface area contributed by atoms with Gasteiger partial charge in [-0.15, -0.1) is 0 Å². The van der Waals surface area contributed by atoms with E-state index >= 15 is 0 Å². The Bertz CT molecular complexity index is 2190. The lowest BCUT2D eigenvalue weighted by Gasteiger charge is -2.30. The summed E-state index contributed by atoms with van der Waals surface area (Å²) in [4.78, 5) is 66.5. The third-order valence-corrected chi connectivity index (χ3v) is 10.6. The molecule has 1 aliphatic heterocycles. The normalized spacial score (nSPS) is 13.6. The summed E-state index contributed by atoms with van der Waals surface area (Å²) in [6.07, 6.45) is 0.0510. The highest BCUT2D eigenvalue weighted by Crippen LogP contribution is 2.29. The monoisotopic (exact) mass is 1030 g/mol. The molecule has 0 radical (unpaired) electrons. The van der Waals surface area contributed by atoms with Crippen LogP contribution in [0.25, 0.3) is 0 Å². The van der Waals surface area contributed by atoms with E-state index in [-0.39, 0.29) is 48.9 Å². The molecular formula is C49H67F3N8O11S. The van der Waals surface area contributed by atoms with Crippen molar-refractivity contribution >= 4 is 66.2 Å². The van der Waals surface area contributed by atoms with Gasteiger partial charge in [-0.25, -0.2) is 0 Å². The summed E-state index contributed by atoms with van der Waals surface area (Å²) in [5.41, 5.74) is 5.80. The number of amidine groups is 1. The van der Waals surface area contributed by atoms with Crippen LogP contribution < -0.4 is 35.5 Å². The van der Waals surface area contributed by atoms with Crippen molar-refractivity contribution in [3.8, 4) is 11.5 Å². The second kappa shape index (κ2) is 35.8. The number of imide groups is 1. The number of benzene rings is 3. The molecule has 1 fully saturated rings. The molecule has 1 heterocycles. The largest absolute Gasteiger partial charge is 0.491 e. The quantitative estimate of drug-likeness (QED) is 0.0169. The maximum atomic E-state index is 13.9. The topological polar surface area (TPSA) is 234 Å². The number of carbonyl (C=O) groups is 5. The number of halogens is 3. The number of ether oxygens (including phenoxy) is 6. The van der Waals surface area contributed by atoms with Gasteiger partial charge in [-0.3, -0.25) is 34.5 Å². The van der Waals surface area contributed by atoms with Gasteiger partial charge in [0.2, 0.25) is 11.8 Å². The number of nitrogens with two attached hydrogens (primary N) is 1. The van der Waals surface area contributed by atoms with Crippen molar-refractivity contribution in [3.05, 3.63) is 95.2 Å². The summed E-state index contributed by atoms with van der Waals surface area (Å²) in [6, 6.07) is 17.9. The third kappa shape index (κ3) is 22.9. The van der Waals surface area contributed by atoms with Crippen LogP contribution in [0, 0.1) is 0 Å². The Kier molecular flexibility index (Phi) is 30.8. The molecule has 0 saturated carbocycles. The molecule has 396 valence electrons. The number of nitrogens with one attached hydrogen (secondary N) is 3. The summed E-state index contributed by atoms with van der Waals surface area (Å²) in [5, 5.41) is 7.92. The van der Waals surface area contributed by atoms with Crippen LogP contribution in [0.1, 0.15) is 45.5 Å². The lowest BCUT2D eigenvalue weighted by molar-refractivity contribution is -0.136. The number of alkyl halides is 3. The van der Waals surface area contributed by atoms with Crippen molar-refractivity contribution in [2.75, 3.05) is 117 Å². The van der Waals surface area contributed by atoms with Crippen LogP contribution in [0.2, 0.25) is 0 Å². The third-order valence-electron chi connectivity index (χ3n) is 9.88. The molecule has 3 aromatic rings. The minimum Gasteiger partial charge on any atom is -0.491 e. The van der Waals surface area contributed by atoms with Crippen molar-refractivity contribution in [1.29, 1.82) is 0 Å². The number of anilines is 2. The average molecular weight is 1030 g/mol. The highest BCUT2D eigenvalue weighted by Gasteiger charge is 2.38. The Hall–Kier alpha value is -6.21. The molecule has 1 atom stereocenters. The molecule has 23 heteroatoms. The molecule has 72 heavy (non-hydrogen) atoms. The summed E-state index contributed by atoms with van der Waals surface area (Å²) in [7, 11) is 6.65. The lowest BCUT2D eigenvalue weighted by Crippen LogP contribution is -2.53. The molecule has 0 aromatic heterocycles. The first-order chi connectivity index (χ1) is 34.8. The Morgan fingerprint density at radius 3 is 2.08 bits per heavy atom. The molecule has 3 amide bonds. The molecule has 1 aliphatic rings. The minimum absolute atomic E-state index is 0.0165. The SMILES string of the molecule is C=N/C=C(\C(=NCc1cccc(N(C)SC)c1)Nc1ccc(OCCOCCOCCOCCOCCC=O)cc1)C(F)(F)F.CN.CNCCOc1cccc(C(=O)N(C)C2CCC(=O)NC2=O)c1C=O. The van der Waals surface area contributed by atoms with E-state index < -0.39 is 29.6 Å². The van der Waals surface area contributed by atoms with Gasteiger partial charge in [-0.05, 0) is 81.3 Å². The van der Waals surface area contributed by atoms with Gasteiger partial charge in [0, 0.05) is 57.3 Å². The van der Waals surface area contributed by atoms with E-state index in [4.69, 9.17) is 28.4 Å². The number of hydrogen-bond acceptors (Lipinski definition) is 17. The number of nitrogens with zero attached hydrogens (tertiary/aromatic N) is 4. The number of aliphatic imine (C=N–C) groups is 2. The molecule has 1 unspecified atom stereocenters. The van der Waals surface area contributed by atoms with Gasteiger partial charge in [-0.1, -0.05) is 30.1 Å². The number of hydrogen-bond donors (Lipinski definition) is 4. The van der Waals surface area contributed by atoms with Gasteiger partial charge in [-0.2, -0.15) is 13.2 Å². The van der Waals surface area contributed by atoms with Crippen LogP contribution >= 0.6 is 11.9 Å². The van der Waals surface area contributed by atoms with Crippen molar-refractivity contribution in [2.45, 2.75) is 38.0 Å². The first-order valence-corrected chi connectivity index (χ1v) is 23.9. The number of carbonyl (C=O) groups excluding carboxylic acids is 5. The summed E-state index contributed by atoms with van der Waals surface area (Å²) in [5.74, 6) is -0.880. The Morgan fingerprint density at radius 1 is 0.889 bits per heavy atom. The fourth-order valence-electron chi connectivity index (χ4n) is 6.19. The van der Waals surface area contributed by atoms with Crippen molar-refractivity contribution in [3.63, 3.8) is 0 Å². The molecule has 0 aliphatic carbocycles. The van der Waals surface area contributed by atoms with Gasteiger partial charge >= 0.3 is 6.18 Å². The van der Waals surface area contributed by atoms with Crippen molar-refractivity contribution in [1.82, 2.24) is 15.5 Å². The maximum absolute atomic E-state index is 13.9. The highest BCUT2D eigenvalue weighted by molar-refractivity contribution is 7.99. The van der Waals surface area contributed by atoms with Gasteiger partial charge in [0.15, 0.2) is 6.29 Å². The van der Waals surface area contributed by atoms with Crippen LogP contribution in [0.5, 0.6) is 11.5 Å². The van der Waals surface area contributed by atoms with Crippen LogP contribution in [-0.2, 0) is 39.9 Å². The van der Waals surface area contributed by atoms with E-state index in [9.17, 15) is 37.1 Å². The van der Waals surface area contributed by atoms with E-state index in [2.05, 4.69) is 38.4 Å². The van der Waals surface area contributed by atoms with E-state index in [0.29, 0.717) is 102 Å². The zero-order chi connectivity index (χ0) is 53.2. The minimum atomic E-state index is -4.70. The number of rotatable bonds is 30. The Balaban J connectivity index is 0.000000553. The van der Waals surface area contributed by atoms with Crippen molar-refractivity contribution in [2.24, 2.45) is 15.7 Å². The molecule has 19 nitrogen and oxygen atoms in total. The fourth-order valence-corrected chi connectivity index (χ4v) is 6.51. The molecule has 3 aromatic carbocycles. The molecule has 0 spiro atoms. The number of aldehydes is 2. The van der Waals surface area contributed by atoms with Gasteiger partial charge in [0.1, 0.15) is 48.4 Å². The van der Waals surface area contributed by atoms with Gasteiger partial charge in [0.05, 0.1) is 70.5 Å². The standard InChI is InChI=1S/C31H41F3N4O6S.C17H21N3O5.CH5N/c1-35-24-29(31(32,33)34)30(36-23-25-6-4-7-27(22-25)38(2)45-3)37-26-8-10-28(11-9-26)44-21-20-43-19-18-42-17-16-41-15-14-40-13-5-12-39;1-18-8-9-25-14-5-3-4-11(12(14)10-21)17(24)20(2)13-6-7-15(22)19-16(13)23;1-2/h4,6-12,22,24H,1,5,13-21,23H2,2-3H3,(H,36,37);3-5,10,13,18H,6-9H2,1-2H3,(H,19,22,23);2H2,1H3/b29-24+;;. The van der Waals surface area contributed by atoms with Crippen LogP contribution in [0.3, 0.4) is 0 Å². The first-order valence-electron chi connectivity index (χ1n) is 22.7. The fraction of sp³-hybridized carbons (Fsp3) is 0.449. The van der Waals surface area contributed by atoms with E-state index in [1.54, 1.807) is 49.5 Å². The highest BCUT2D eigenvalue weighted by atomic mass is 32.2. The summed E-state index contributed by atoms with van der Waals surface area (Å²) < 4.78 is 76.3. The second-order valence-corrected chi connectivity index (χ2v) is 15.7. The smallest absolute Gasteiger partial charge is 0.421 e. The molecule has 5 N–H and O–H groups in total. The number of piperidine rings is 1. The number of amides is 3. The van der Waals surface area contributed by atoms with Gasteiger partial charge < -0.3 is 58.8 Å². The first kappa shape index (κ1) is 61.9. The predicted octanol–water partition coefficient (Wildman–Crippen LogP) is 5.14. The second-order valence-electron chi connectivity index (χ2n) is 14.8. The van der Waals surface area contributed by atoms with Crippen molar-refractivity contribution < 1.29 is 65.6 Å². The van der Waals surface area contributed by atoms with E-state index in [0.717, 1.165) is 17.5 Å². The molecule has 4 rings (SSSR count). The predicted molar refractivity (Wildman–Crippen MR) is 272 cm³/mol. The number of likely N-dealkylation sites (N-methyl/N-ethyl adjacent to an activating group) is 2. The molecule has 1 saturated heterocycles. The van der Waals surface area contributed by atoms with Crippen LogP contribution in [0.15, 0.2) is 88.5 Å². The average Bonchev–Trinajstić information content (AvgIpc) is 3.38. The maximum Gasteiger partial charge on any atom is 0.421 e. The Labute approximate surface area is 423 Å². The van der Waals surface area contributed by atoms with Gasteiger partial charge in [0.25, 0.3) is 5.91 Å². The zero-order valence-electron chi connectivity index (χ0n) is 41.4. The summed E-state index contributed by atoms with van der Waals surface area (Å²) in [6.45, 7) is 7.66. The molecular weight excluding hydrogens is 966 g/mol. The van der Waals surface area contributed by atoms with Crippen LogP contribution in [0.4, 0.5) is 24.5 Å². The van der Waals surface area contributed by atoms with E-state index in [1.807, 2.05) is 35.8 Å². The van der Waals surface area contributed by atoms with Crippen LogP contribution in [-0.4, -0.2) is 167 Å².